The molecule has 1 N–H and O–H groups in total. The van der Waals surface area contributed by atoms with Crippen LogP contribution < -0.4 is 4.90 Å². The number of carboxylic acids is 1. The summed E-state index contributed by atoms with van der Waals surface area (Å²) in [5, 5.41) is 7.40. The Labute approximate surface area is 144 Å². The molecule has 1 fully saturated rings. The van der Waals surface area contributed by atoms with Crippen molar-refractivity contribution in [1.82, 2.24) is 0 Å². The molecule has 1 heterocycles. The van der Waals surface area contributed by atoms with Crippen molar-refractivity contribution in [3.63, 3.8) is 0 Å². The third kappa shape index (κ3) is 4.40. The summed E-state index contributed by atoms with van der Waals surface area (Å²) in [6, 6.07) is 1.12. The average Bonchev–Trinajstić information content (AvgIpc) is 2.93. The fraction of sp³-hybridized carbons (Fsp3) is 0.500. The lowest BCUT2D eigenvalue weighted by atomic mass is 10.1. The third-order valence-corrected chi connectivity index (χ3v) is 6.00. The molecule has 1 aliphatic rings. The van der Waals surface area contributed by atoms with Crippen LogP contribution in [0.25, 0.3) is 0 Å². The average molecular weight is 405 g/mol. The lowest BCUT2D eigenvalue weighted by Crippen LogP contribution is -2.31. The number of hydrogen-bond donors (Lipinski definition) is 1. The van der Waals surface area contributed by atoms with E-state index in [1.807, 2.05) is 0 Å². The highest BCUT2D eigenvalue weighted by Gasteiger charge is 2.41. The Morgan fingerprint density at radius 1 is 1.15 bits per heavy atom. The van der Waals surface area contributed by atoms with Gasteiger partial charge in [-0.05, 0) is 24.6 Å². The van der Waals surface area contributed by atoms with Crippen LogP contribution >= 0.6 is 0 Å². The number of benzene rings is 1. The summed E-state index contributed by atoms with van der Waals surface area (Å²) in [4.78, 5) is 11.6. The molecular formula is C14H13F6NO4S. The molecule has 0 aliphatic carbocycles. The van der Waals surface area contributed by atoms with Crippen LogP contribution in [0, 0.1) is 0 Å². The highest BCUT2D eigenvalue weighted by Crippen LogP contribution is 2.41. The van der Waals surface area contributed by atoms with Crippen LogP contribution in [0.2, 0.25) is 0 Å². The molecule has 146 valence electrons. The number of alkyl halides is 6. The highest BCUT2D eigenvalue weighted by atomic mass is 32.2. The first-order chi connectivity index (χ1) is 11.7. The predicted molar refractivity (Wildman–Crippen MR) is 78.5 cm³/mol. The molecule has 1 saturated heterocycles. The molecule has 26 heavy (non-hydrogen) atoms. The SMILES string of the molecule is O=C(O)CS(=O)(=O)C1CCN(c2ccc(C(F)(F)F)cc2C(F)(F)F)C1. The summed E-state index contributed by atoms with van der Waals surface area (Å²) in [6.07, 6.45) is -10.2. The summed E-state index contributed by atoms with van der Waals surface area (Å²) >= 11 is 0. The molecule has 0 amide bonds. The van der Waals surface area contributed by atoms with Gasteiger partial charge >= 0.3 is 18.3 Å². The van der Waals surface area contributed by atoms with Crippen molar-refractivity contribution >= 4 is 21.5 Å². The fourth-order valence-corrected chi connectivity index (χ4v) is 4.20. The van der Waals surface area contributed by atoms with Crippen molar-refractivity contribution in [3.05, 3.63) is 29.3 Å². The number of sulfone groups is 1. The Morgan fingerprint density at radius 2 is 1.77 bits per heavy atom. The number of anilines is 1. The summed E-state index contributed by atoms with van der Waals surface area (Å²) < 4.78 is 101. The van der Waals surface area contributed by atoms with E-state index in [0.717, 1.165) is 4.90 Å². The van der Waals surface area contributed by atoms with Crippen LogP contribution in [0.3, 0.4) is 0 Å². The fourth-order valence-electron chi connectivity index (χ4n) is 2.75. The molecule has 2 rings (SSSR count). The lowest BCUT2D eigenvalue weighted by Gasteiger charge is -2.24. The van der Waals surface area contributed by atoms with Gasteiger partial charge in [-0.15, -0.1) is 0 Å². The molecule has 1 aliphatic heterocycles. The standard InChI is InChI=1S/C14H13F6NO4S/c15-13(16,17)8-1-2-11(10(5-8)14(18,19)20)21-4-3-9(6-21)26(24,25)7-12(22)23/h1-2,5,9H,3-4,6-7H2,(H,22,23). The Hall–Kier alpha value is -1.98. The van der Waals surface area contributed by atoms with Crippen LogP contribution in [0.15, 0.2) is 18.2 Å². The Balaban J connectivity index is 2.36. The first-order valence-corrected chi connectivity index (χ1v) is 8.90. The van der Waals surface area contributed by atoms with Crippen LogP contribution in [-0.4, -0.2) is 43.6 Å². The van der Waals surface area contributed by atoms with E-state index in [1.165, 1.54) is 0 Å². The zero-order chi connectivity index (χ0) is 19.9. The van der Waals surface area contributed by atoms with Gasteiger partial charge in [-0.3, -0.25) is 4.79 Å². The van der Waals surface area contributed by atoms with Crippen molar-refractivity contribution in [3.8, 4) is 0 Å². The van der Waals surface area contributed by atoms with E-state index in [9.17, 15) is 39.6 Å². The van der Waals surface area contributed by atoms with Gasteiger partial charge in [0.1, 0.15) is 5.75 Å². The van der Waals surface area contributed by atoms with Gasteiger partial charge in [-0.2, -0.15) is 26.3 Å². The highest BCUT2D eigenvalue weighted by molar-refractivity contribution is 7.92. The molecular weight excluding hydrogens is 392 g/mol. The molecule has 0 aromatic heterocycles. The summed E-state index contributed by atoms with van der Waals surface area (Å²) in [6.45, 7) is -0.581. The maximum absolute atomic E-state index is 13.2. The second-order valence-corrected chi connectivity index (χ2v) is 8.07. The van der Waals surface area contributed by atoms with E-state index in [4.69, 9.17) is 5.11 Å². The first-order valence-electron chi connectivity index (χ1n) is 7.18. The lowest BCUT2D eigenvalue weighted by molar-refractivity contribution is -0.142. The van der Waals surface area contributed by atoms with Gasteiger partial charge in [0.05, 0.1) is 16.4 Å². The predicted octanol–water partition coefficient (Wildman–Crippen LogP) is 2.80. The topological polar surface area (TPSA) is 74.7 Å². The summed E-state index contributed by atoms with van der Waals surface area (Å²) in [7, 11) is -4.08. The zero-order valence-corrected chi connectivity index (χ0v) is 13.7. The van der Waals surface area contributed by atoms with E-state index in [-0.39, 0.29) is 19.0 Å². The Morgan fingerprint density at radius 3 is 2.27 bits per heavy atom. The molecule has 0 spiro atoms. The van der Waals surface area contributed by atoms with Crippen LogP contribution in [-0.2, 0) is 27.0 Å². The van der Waals surface area contributed by atoms with Crippen molar-refractivity contribution in [2.45, 2.75) is 24.0 Å². The summed E-state index contributed by atoms with van der Waals surface area (Å²) in [5.74, 6) is -2.75. The van der Waals surface area contributed by atoms with Gasteiger partial charge in [0.2, 0.25) is 0 Å². The van der Waals surface area contributed by atoms with Gasteiger partial charge in [-0.25, -0.2) is 8.42 Å². The monoisotopic (exact) mass is 405 g/mol. The Bertz CT molecular complexity index is 803. The quantitative estimate of drug-likeness (QED) is 0.780. The second-order valence-electron chi connectivity index (χ2n) is 5.79. The van der Waals surface area contributed by atoms with E-state index in [1.54, 1.807) is 0 Å². The molecule has 0 saturated carbocycles. The molecule has 0 radical (unpaired) electrons. The van der Waals surface area contributed by atoms with Crippen molar-refractivity contribution in [2.24, 2.45) is 0 Å². The van der Waals surface area contributed by atoms with E-state index >= 15 is 0 Å². The van der Waals surface area contributed by atoms with Gasteiger partial charge in [0.15, 0.2) is 9.84 Å². The van der Waals surface area contributed by atoms with Crippen LogP contribution in [0.1, 0.15) is 17.5 Å². The number of carbonyl (C=O) groups is 1. The van der Waals surface area contributed by atoms with Crippen LogP contribution in [0.4, 0.5) is 32.0 Å². The first kappa shape index (κ1) is 20.3. The molecule has 12 heteroatoms. The van der Waals surface area contributed by atoms with Crippen molar-refractivity contribution in [1.29, 1.82) is 0 Å². The molecule has 1 aromatic rings. The largest absolute Gasteiger partial charge is 0.480 e. The number of nitrogens with zero attached hydrogens (tertiary/aromatic N) is 1. The van der Waals surface area contributed by atoms with E-state index in [0.29, 0.717) is 12.1 Å². The Kier molecular flexibility index (Phi) is 5.19. The zero-order valence-electron chi connectivity index (χ0n) is 12.9. The second kappa shape index (κ2) is 6.63. The van der Waals surface area contributed by atoms with Crippen molar-refractivity contribution < 1.29 is 44.7 Å². The smallest absolute Gasteiger partial charge is 0.418 e. The molecule has 5 nitrogen and oxygen atoms in total. The van der Waals surface area contributed by atoms with E-state index < -0.39 is 62.5 Å². The van der Waals surface area contributed by atoms with Crippen LogP contribution in [0.5, 0.6) is 0 Å². The number of carboxylic acid groups (broad SMARTS) is 1. The summed E-state index contributed by atoms with van der Waals surface area (Å²) in [5.41, 5.74) is -3.56. The molecule has 1 atom stereocenters. The minimum atomic E-state index is -5.07. The number of hydrogen-bond acceptors (Lipinski definition) is 4. The van der Waals surface area contributed by atoms with Gasteiger partial charge in [-0.1, -0.05) is 0 Å². The normalized spacial score (nSPS) is 19.0. The maximum Gasteiger partial charge on any atom is 0.418 e. The molecule has 1 unspecified atom stereocenters. The maximum atomic E-state index is 13.2. The minimum Gasteiger partial charge on any atom is -0.480 e. The third-order valence-electron chi connectivity index (χ3n) is 3.95. The number of halogens is 6. The van der Waals surface area contributed by atoms with Gasteiger partial charge < -0.3 is 10.0 Å². The minimum absolute atomic E-state index is 0.0194. The van der Waals surface area contributed by atoms with Gasteiger partial charge in [0, 0.05) is 18.8 Å². The van der Waals surface area contributed by atoms with Crippen molar-refractivity contribution in [2.75, 3.05) is 23.7 Å². The molecule has 0 bridgehead atoms. The molecule has 1 aromatic carbocycles. The van der Waals surface area contributed by atoms with E-state index in [2.05, 4.69) is 0 Å². The number of rotatable bonds is 4. The van der Waals surface area contributed by atoms with Gasteiger partial charge in [0.25, 0.3) is 0 Å². The number of aliphatic carboxylic acids is 1.